The quantitative estimate of drug-likeness (QED) is 0.742. The Morgan fingerprint density at radius 3 is 2.56 bits per heavy atom. The zero-order chi connectivity index (χ0) is 18.2. The lowest BCUT2D eigenvalue weighted by molar-refractivity contribution is -0.127. The van der Waals surface area contributed by atoms with Crippen LogP contribution in [0.15, 0.2) is 42.5 Å². The van der Waals surface area contributed by atoms with Gasteiger partial charge < -0.3 is 14.8 Å². The molecule has 4 heteroatoms. The van der Waals surface area contributed by atoms with Gasteiger partial charge in [0, 0.05) is 6.54 Å². The highest BCUT2D eigenvalue weighted by atomic mass is 16.5. The summed E-state index contributed by atoms with van der Waals surface area (Å²) in [5.41, 5.74) is 3.37. The van der Waals surface area contributed by atoms with Gasteiger partial charge in [-0.1, -0.05) is 30.3 Å². The minimum absolute atomic E-state index is 0.0964. The Bertz CT molecular complexity index is 712. The van der Waals surface area contributed by atoms with E-state index in [0.717, 1.165) is 41.0 Å². The monoisotopic (exact) mass is 341 g/mol. The van der Waals surface area contributed by atoms with E-state index in [1.807, 2.05) is 56.3 Å². The molecular weight excluding hydrogens is 314 g/mol. The fourth-order valence-corrected chi connectivity index (χ4v) is 2.64. The van der Waals surface area contributed by atoms with E-state index < -0.39 is 6.10 Å². The Balaban J connectivity index is 1.79. The second kappa shape index (κ2) is 9.11. The highest BCUT2D eigenvalue weighted by Crippen LogP contribution is 2.22. The zero-order valence-corrected chi connectivity index (χ0v) is 15.5. The summed E-state index contributed by atoms with van der Waals surface area (Å²) < 4.78 is 11.1. The molecule has 0 aliphatic rings. The molecule has 1 atom stereocenters. The molecule has 134 valence electrons. The predicted molar refractivity (Wildman–Crippen MR) is 100 cm³/mol. The van der Waals surface area contributed by atoms with Gasteiger partial charge in [-0.05, 0) is 62.4 Å². The van der Waals surface area contributed by atoms with E-state index in [2.05, 4.69) is 5.32 Å². The number of benzene rings is 2. The van der Waals surface area contributed by atoms with E-state index in [1.54, 1.807) is 14.0 Å². The van der Waals surface area contributed by atoms with Gasteiger partial charge in [0.05, 0.1) is 7.11 Å². The number of aryl methyl sites for hydroxylation is 2. The molecule has 0 heterocycles. The molecule has 2 aromatic carbocycles. The first-order valence-electron chi connectivity index (χ1n) is 8.65. The van der Waals surface area contributed by atoms with Crippen LogP contribution in [-0.2, 0) is 11.2 Å². The lowest BCUT2D eigenvalue weighted by Crippen LogP contribution is -2.37. The van der Waals surface area contributed by atoms with Crippen LogP contribution in [0.1, 0.15) is 30.0 Å². The summed E-state index contributed by atoms with van der Waals surface area (Å²) in [5.74, 6) is 1.55. The smallest absolute Gasteiger partial charge is 0.260 e. The Morgan fingerprint density at radius 2 is 1.80 bits per heavy atom. The van der Waals surface area contributed by atoms with Gasteiger partial charge in [-0.25, -0.2) is 0 Å². The van der Waals surface area contributed by atoms with E-state index in [1.165, 1.54) is 0 Å². The van der Waals surface area contributed by atoms with Crippen LogP contribution >= 0.6 is 0 Å². The Kier molecular flexibility index (Phi) is 6.87. The van der Waals surface area contributed by atoms with Crippen LogP contribution in [0.2, 0.25) is 0 Å². The van der Waals surface area contributed by atoms with Crippen LogP contribution in [-0.4, -0.2) is 25.7 Å². The highest BCUT2D eigenvalue weighted by Gasteiger charge is 2.15. The molecule has 0 saturated heterocycles. The van der Waals surface area contributed by atoms with E-state index >= 15 is 0 Å². The highest BCUT2D eigenvalue weighted by molar-refractivity contribution is 5.80. The number of carbonyl (C=O) groups is 1. The first-order chi connectivity index (χ1) is 12.0. The molecule has 0 fully saturated rings. The number of hydrogen-bond acceptors (Lipinski definition) is 3. The lowest BCUT2D eigenvalue weighted by Gasteiger charge is -2.17. The molecular formula is C21H27NO3. The molecule has 1 amide bonds. The van der Waals surface area contributed by atoms with E-state index in [9.17, 15) is 4.79 Å². The van der Waals surface area contributed by atoms with Crippen molar-refractivity contribution in [3.63, 3.8) is 0 Å². The van der Waals surface area contributed by atoms with Crippen LogP contribution in [0.25, 0.3) is 0 Å². The number of para-hydroxylation sites is 1. The molecule has 2 rings (SSSR count). The van der Waals surface area contributed by atoms with Crippen molar-refractivity contribution in [2.24, 2.45) is 0 Å². The Hall–Kier alpha value is -2.49. The van der Waals surface area contributed by atoms with E-state index in [0.29, 0.717) is 6.54 Å². The largest absolute Gasteiger partial charge is 0.496 e. The summed E-state index contributed by atoms with van der Waals surface area (Å²) in [5, 5.41) is 2.94. The SMILES string of the molecule is COc1ccccc1CCCNC(=O)[C@H](C)Oc1cccc(C)c1C. The van der Waals surface area contributed by atoms with Crippen molar-refractivity contribution in [3.05, 3.63) is 59.2 Å². The normalized spacial score (nSPS) is 11.7. The second-order valence-electron chi connectivity index (χ2n) is 6.16. The van der Waals surface area contributed by atoms with Crippen molar-refractivity contribution in [1.29, 1.82) is 0 Å². The molecule has 0 radical (unpaired) electrons. The predicted octanol–water partition coefficient (Wildman–Crippen LogP) is 3.83. The van der Waals surface area contributed by atoms with Crippen LogP contribution < -0.4 is 14.8 Å². The number of carbonyl (C=O) groups excluding carboxylic acids is 1. The van der Waals surface area contributed by atoms with Crippen LogP contribution in [0.3, 0.4) is 0 Å². The minimum Gasteiger partial charge on any atom is -0.496 e. The van der Waals surface area contributed by atoms with Crippen molar-refractivity contribution in [3.8, 4) is 11.5 Å². The fraction of sp³-hybridized carbons (Fsp3) is 0.381. The van der Waals surface area contributed by atoms with Gasteiger partial charge in [-0.2, -0.15) is 0 Å². The van der Waals surface area contributed by atoms with Gasteiger partial charge in [-0.3, -0.25) is 4.79 Å². The van der Waals surface area contributed by atoms with Crippen LogP contribution in [0, 0.1) is 13.8 Å². The van der Waals surface area contributed by atoms with Crippen molar-refractivity contribution < 1.29 is 14.3 Å². The van der Waals surface area contributed by atoms with Crippen LogP contribution in [0.5, 0.6) is 11.5 Å². The Morgan fingerprint density at radius 1 is 1.08 bits per heavy atom. The molecule has 0 unspecified atom stereocenters. The molecule has 0 bridgehead atoms. The molecule has 0 aliphatic carbocycles. The van der Waals surface area contributed by atoms with Crippen molar-refractivity contribution in [1.82, 2.24) is 5.32 Å². The first kappa shape index (κ1) is 18.8. The van der Waals surface area contributed by atoms with Crippen LogP contribution in [0.4, 0.5) is 0 Å². The number of rotatable bonds is 8. The molecule has 1 N–H and O–H groups in total. The summed E-state index contributed by atoms with van der Waals surface area (Å²) >= 11 is 0. The number of hydrogen-bond donors (Lipinski definition) is 1. The molecule has 0 saturated carbocycles. The summed E-state index contributed by atoms with van der Waals surface area (Å²) in [6.07, 6.45) is 1.19. The zero-order valence-electron chi connectivity index (χ0n) is 15.5. The average molecular weight is 341 g/mol. The van der Waals surface area contributed by atoms with Gasteiger partial charge in [-0.15, -0.1) is 0 Å². The van der Waals surface area contributed by atoms with Gasteiger partial charge in [0.15, 0.2) is 6.10 Å². The summed E-state index contributed by atoms with van der Waals surface area (Å²) in [6, 6.07) is 13.8. The molecule has 0 aromatic heterocycles. The summed E-state index contributed by atoms with van der Waals surface area (Å²) in [4.78, 5) is 12.2. The van der Waals surface area contributed by atoms with E-state index in [-0.39, 0.29) is 5.91 Å². The molecule has 0 spiro atoms. The third-order valence-electron chi connectivity index (χ3n) is 4.34. The number of ether oxygens (including phenoxy) is 2. The van der Waals surface area contributed by atoms with Gasteiger partial charge in [0.2, 0.25) is 0 Å². The van der Waals surface area contributed by atoms with Crippen molar-refractivity contribution in [2.45, 2.75) is 39.7 Å². The lowest BCUT2D eigenvalue weighted by atomic mass is 10.1. The summed E-state index contributed by atoms with van der Waals surface area (Å²) in [7, 11) is 1.67. The fourth-order valence-electron chi connectivity index (χ4n) is 2.64. The maximum atomic E-state index is 12.2. The minimum atomic E-state index is -0.522. The average Bonchev–Trinajstić information content (AvgIpc) is 2.62. The number of methoxy groups -OCH3 is 1. The third kappa shape index (κ3) is 5.24. The number of amides is 1. The Labute approximate surface area is 150 Å². The van der Waals surface area contributed by atoms with Gasteiger partial charge >= 0.3 is 0 Å². The number of nitrogens with one attached hydrogen (secondary N) is 1. The van der Waals surface area contributed by atoms with Crippen molar-refractivity contribution in [2.75, 3.05) is 13.7 Å². The summed E-state index contributed by atoms with van der Waals surface area (Å²) in [6.45, 7) is 6.42. The van der Waals surface area contributed by atoms with Crippen molar-refractivity contribution >= 4 is 5.91 Å². The molecule has 4 nitrogen and oxygen atoms in total. The standard InChI is InChI=1S/C21H27NO3/c1-15-9-7-13-19(16(15)2)25-17(3)21(23)22-14-8-11-18-10-5-6-12-20(18)24-4/h5-7,9-10,12-13,17H,8,11,14H2,1-4H3,(H,22,23)/t17-/m0/s1. The van der Waals surface area contributed by atoms with E-state index in [4.69, 9.17) is 9.47 Å². The third-order valence-corrected chi connectivity index (χ3v) is 4.34. The molecule has 2 aromatic rings. The molecule has 25 heavy (non-hydrogen) atoms. The maximum Gasteiger partial charge on any atom is 0.260 e. The first-order valence-corrected chi connectivity index (χ1v) is 8.65. The maximum absolute atomic E-state index is 12.2. The van der Waals surface area contributed by atoms with Gasteiger partial charge in [0.25, 0.3) is 5.91 Å². The second-order valence-corrected chi connectivity index (χ2v) is 6.16. The topological polar surface area (TPSA) is 47.6 Å². The van der Waals surface area contributed by atoms with Gasteiger partial charge in [0.1, 0.15) is 11.5 Å². The molecule has 0 aliphatic heterocycles.